The van der Waals surface area contributed by atoms with Gasteiger partial charge >= 0.3 is 0 Å². The van der Waals surface area contributed by atoms with Crippen molar-refractivity contribution >= 4 is 65.8 Å². The van der Waals surface area contributed by atoms with Gasteiger partial charge < -0.3 is 13.9 Å². The third kappa shape index (κ3) is 6.19. The largest absolute Gasteiger partial charge is 0.456 e. The monoisotopic (exact) mass is 872 g/mol. The summed E-state index contributed by atoms with van der Waals surface area (Å²) in [5, 5.41) is 7.14. The highest BCUT2D eigenvalue weighted by Gasteiger charge is 2.52. The fourth-order valence-electron chi connectivity index (χ4n) is 11.9. The SMILES string of the molecule is C=CC1c2ccccc2C(c2ccccc2)(c2ccccc2)C1/C=C/N(C1=C(c2ccc3oc4cc5ccccc5cc4c3c2)C=CCC1)c1cccc(-n2c3ccccc3c3ccccc32)c1. The summed E-state index contributed by atoms with van der Waals surface area (Å²) in [5.41, 5.74) is 14.7. The summed E-state index contributed by atoms with van der Waals surface area (Å²) in [4.78, 5) is 2.49. The Hall–Kier alpha value is -8.40. The van der Waals surface area contributed by atoms with Crippen molar-refractivity contribution in [1.82, 2.24) is 4.57 Å². The van der Waals surface area contributed by atoms with Crippen molar-refractivity contribution in [3.63, 3.8) is 0 Å². The maximum absolute atomic E-state index is 6.53. The van der Waals surface area contributed by atoms with E-state index in [4.69, 9.17) is 4.42 Å². The molecule has 9 aromatic carbocycles. The third-order valence-corrected chi connectivity index (χ3v) is 14.8. The van der Waals surface area contributed by atoms with Crippen LogP contribution in [0.5, 0.6) is 0 Å². The Morgan fingerprint density at radius 2 is 1.22 bits per heavy atom. The van der Waals surface area contributed by atoms with Gasteiger partial charge in [-0.3, -0.25) is 0 Å². The molecular weight excluding hydrogens is 825 g/mol. The van der Waals surface area contributed by atoms with Crippen LogP contribution in [0.15, 0.2) is 260 Å². The van der Waals surface area contributed by atoms with Crippen molar-refractivity contribution in [2.24, 2.45) is 5.92 Å². The fourth-order valence-corrected chi connectivity index (χ4v) is 11.9. The van der Waals surface area contributed by atoms with Gasteiger partial charge in [-0.1, -0.05) is 182 Å². The Balaban J connectivity index is 1.04. The summed E-state index contributed by atoms with van der Waals surface area (Å²) in [7, 11) is 0. The van der Waals surface area contributed by atoms with E-state index < -0.39 is 5.41 Å². The van der Waals surface area contributed by atoms with Crippen molar-refractivity contribution in [3.05, 3.63) is 283 Å². The highest BCUT2D eigenvalue weighted by Crippen LogP contribution is 2.58. The number of furan rings is 1. The lowest BCUT2D eigenvalue weighted by Crippen LogP contribution is -2.35. The van der Waals surface area contributed by atoms with Gasteiger partial charge in [0, 0.05) is 62.2 Å². The van der Waals surface area contributed by atoms with Crippen molar-refractivity contribution < 1.29 is 4.42 Å². The number of para-hydroxylation sites is 2. The molecule has 0 saturated carbocycles. The van der Waals surface area contributed by atoms with E-state index in [1.54, 1.807) is 0 Å². The normalized spacial score (nSPS) is 16.7. The van der Waals surface area contributed by atoms with Gasteiger partial charge in [-0.05, 0) is 106 Å². The van der Waals surface area contributed by atoms with Gasteiger partial charge in [0.25, 0.3) is 0 Å². The van der Waals surface area contributed by atoms with Crippen LogP contribution in [0.4, 0.5) is 5.69 Å². The zero-order valence-electron chi connectivity index (χ0n) is 37.7. The Bertz CT molecular complexity index is 3750. The van der Waals surface area contributed by atoms with Gasteiger partial charge in [0.1, 0.15) is 11.2 Å². The molecule has 3 nitrogen and oxygen atoms in total. The minimum atomic E-state index is -0.480. The van der Waals surface area contributed by atoms with Crippen LogP contribution in [0, 0.1) is 5.92 Å². The van der Waals surface area contributed by atoms with E-state index in [0.29, 0.717) is 0 Å². The molecule has 324 valence electrons. The summed E-state index contributed by atoms with van der Waals surface area (Å²) in [5.74, 6) is 0.0538. The van der Waals surface area contributed by atoms with Crippen LogP contribution in [0.1, 0.15) is 46.6 Å². The second-order valence-electron chi connectivity index (χ2n) is 18.3. The Kier molecular flexibility index (Phi) is 9.50. The van der Waals surface area contributed by atoms with E-state index in [0.717, 1.165) is 51.7 Å². The Morgan fingerprint density at radius 1 is 0.574 bits per heavy atom. The molecule has 0 saturated heterocycles. The summed E-state index contributed by atoms with van der Waals surface area (Å²) >= 11 is 0. The molecule has 0 amide bonds. The molecule has 2 heterocycles. The predicted octanol–water partition coefficient (Wildman–Crippen LogP) is 16.9. The van der Waals surface area contributed by atoms with E-state index in [1.165, 1.54) is 66.1 Å². The average Bonchev–Trinajstić information content (AvgIpc) is 4.04. The number of rotatable bonds is 9. The molecule has 0 fully saturated rings. The van der Waals surface area contributed by atoms with E-state index in [1.807, 2.05) is 0 Å². The molecule has 0 spiro atoms. The van der Waals surface area contributed by atoms with Crippen molar-refractivity contribution in [3.8, 4) is 5.69 Å². The van der Waals surface area contributed by atoms with Crippen LogP contribution < -0.4 is 4.90 Å². The molecule has 2 aliphatic rings. The second kappa shape index (κ2) is 16.2. The molecule has 0 bridgehead atoms. The molecule has 0 radical (unpaired) electrons. The molecule has 2 unspecified atom stereocenters. The Labute approximate surface area is 396 Å². The highest BCUT2D eigenvalue weighted by molar-refractivity contribution is 6.11. The first-order valence-corrected chi connectivity index (χ1v) is 23.8. The lowest BCUT2D eigenvalue weighted by atomic mass is 9.64. The first-order valence-electron chi connectivity index (χ1n) is 23.8. The van der Waals surface area contributed by atoms with Gasteiger partial charge in [-0.25, -0.2) is 0 Å². The number of allylic oxidation sites excluding steroid dienone is 6. The lowest BCUT2D eigenvalue weighted by molar-refractivity contribution is 0.459. The van der Waals surface area contributed by atoms with Crippen LogP contribution in [-0.4, -0.2) is 4.57 Å². The predicted molar refractivity (Wildman–Crippen MR) is 285 cm³/mol. The smallest absolute Gasteiger partial charge is 0.136 e. The lowest BCUT2D eigenvalue weighted by Gasteiger charge is -2.38. The molecule has 11 aromatic rings. The Morgan fingerprint density at radius 3 is 1.96 bits per heavy atom. The number of hydrogen-bond acceptors (Lipinski definition) is 2. The van der Waals surface area contributed by atoms with Crippen LogP contribution in [0.2, 0.25) is 0 Å². The number of benzene rings is 9. The van der Waals surface area contributed by atoms with Crippen LogP contribution in [0.3, 0.4) is 0 Å². The van der Waals surface area contributed by atoms with E-state index >= 15 is 0 Å². The summed E-state index contributed by atoms with van der Waals surface area (Å²) < 4.78 is 8.95. The van der Waals surface area contributed by atoms with Crippen molar-refractivity contribution in [2.45, 2.75) is 24.2 Å². The van der Waals surface area contributed by atoms with Gasteiger partial charge in [0.2, 0.25) is 0 Å². The molecule has 13 rings (SSSR count). The van der Waals surface area contributed by atoms with Crippen molar-refractivity contribution in [2.75, 3.05) is 4.90 Å². The van der Waals surface area contributed by atoms with E-state index in [9.17, 15) is 0 Å². The summed E-state index contributed by atoms with van der Waals surface area (Å²) in [6.07, 6.45) is 13.5. The maximum Gasteiger partial charge on any atom is 0.136 e. The van der Waals surface area contributed by atoms with Gasteiger partial charge in [-0.15, -0.1) is 6.58 Å². The third-order valence-electron chi connectivity index (χ3n) is 14.8. The number of fused-ring (bicyclic) bond motifs is 8. The standard InChI is InChI=1S/C65H48N2O/c1-2-51-53-29-11-15-32-58(53)65(47-22-5-3-6-23-47,48-24-7-4-8-25-48)59(51)38-39-66(49-26-19-27-50(43-49)67-61-34-17-13-30-54(61)55-31-14-18-35-62(55)67)60-33-16-12-28-52(60)46-36-37-63-56(41-46)57-40-44-20-9-10-21-45(44)42-64(57)68-63/h2-15,17-32,34-43,51,59H,1,16,33H2/b39-38+. The van der Waals surface area contributed by atoms with Crippen LogP contribution >= 0.6 is 0 Å². The van der Waals surface area contributed by atoms with Crippen molar-refractivity contribution in [1.29, 1.82) is 0 Å². The minimum absolute atomic E-state index is 0.00290. The zero-order chi connectivity index (χ0) is 45.2. The van der Waals surface area contributed by atoms with Gasteiger partial charge in [0.05, 0.1) is 16.4 Å². The van der Waals surface area contributed by atoms with Gasteiger partial charge in [-0.2, -0.15) is 0 Å². The zero-order valence-corrected chi connectivity index (χ0v) is 37.7. The molecule has 3 heteroatoms. The highest BCUT2D eigenvalue weighted by atomic mass is 16.3. The molecule has 0 N–H and O–H groups in total. The number of anilines is 1. The molecule has 2 aliphatic carbocycles. The van der Waals surface area contributed by atoms with E-state index in [2.05, 4.69) is 259 Å². The first kappa shape index (κ1) is 39.9. The number of nitrogens with zero attached hydrogens (tertiary/aromatic N) is 2. The minimum Gasteiger partial charge on any atom is -0.456 e. The molecular formula is C65H48N2O. The van der Waals surface area contributed by atoms with Crippen LogP contribution in [0.25, 0.3) is 65.8 Å². The second-order valence-corrected chi connectivity index (χ2v) is 18.3. The maximum atomic E-state index is 6.53. The molecule has 0 aliphatic heterocycles. The fraction of sp³-hybridized carbons (Fsp3) is 0.0769. The summed E-state index contributed by atoms with van der Waals surface area (Å²) in [6, 6.07) is 77.7. The average molecular weight is 873 g/mol. The topological polar surface area (TPSA) is 21.3 Å². The van der Waals surface area contributed by atoms with Crippen LogP contribution in [-0.2, 0) is 5.41 Å². The molecule has 2 aromatic heterocycles. The van der Waals surface area contributed by atoms with Gasteiger partial charge in [0.15, 0.2) is 0 Å². The number of aromatic nitrogens is 1. The molecule has 68 heavy (non-hydrogen) atoms. The quantitative estimate of drug-likeness (QED) is 0.135. The first-order chi connectivity index (χ1) is 33.7. The summed E-state index contributed by atoms with van der Waals surface area (Å²) in [6.45, 7) is 4.54. The number of hydrogen-bond donors (Lipinski definition) is 0. The molecule has 2 atom stereocenters. The van der Waals surface area contributed by atoms with E-state index in [-0.39, 0.29) is 11.8 Å².